The van der Waals surface area contributed by atoms with Crippen molar-refractivity contribution in [2.24, 2.45) is 0 Å². The Labute approximate surface area is 182 Å². The summed E-state index contributed by atoms with van der Waals surface area (Å²) in [5.74, 6) is 0.771. The van der Waals surface area contributed by atoms with Gasteiger partial charge in [0.05, 0.1) is 17.0 Å². The number of benzene rings is 2. The lowest BCUT2D eigenvalue weighted by Gasteiger charge is -2.29. The van der Waals surface area contributed by atoms with Gasteiger partial charge in [0.1, 0.15) is 5.82 Å². The van der Waals surface area contributed by atoms with Crippen molar-refractivity contribution < 1.29 is 0 Å². The van der Waals surface area contributed by atoms with Crippen LogP contribution in [0.1, 0.15) is 43.4 Å². The van der Waals surface area contributed by atoms with Gasteiger partial charge in [-0.05, 0) is 17.2 Å². The van der Waals surface area contributed by atoms with Gasteiger partial charge in [-0.3, -0.25) is 9.69 Å². The molecule has 4 aromatic rings. The van der Waals surface area contributed by atoms with Crippen molar-refractivity contribution in [3.63, 3.8) is 0 Å². The summed E-state index contributed by atoms with van der Waals surface area (Å²) in [7, 11) is 0. The van der Waals surface area contributed by atoms with Gasteiger partial charge in [0.2, 0.25) is 0 Å². The molecule has 0 spiro atoms. The zero-order valence-electron chi connectivity index (χ0n) is 18.3. The molecule has 158 valence electrons. The summed E-state index contributed by atoms with van der Waals surface area (Å²) in [6.45, 7) is 8.53. The van der Waals surface area contributed by atoms with Gasteiger partial charge in [-0.25, -0.2) is 4.98 Å². The number of rotatable bonds is 3. The topological polar surface area (TPSA) is 64.8 Å². The molecule has 3 heterocycles. The molecule has 0 fully saturated rings. The molecular weight excluding hydrogens is 384 g/mol. The van der Waals surface area contributed by atoms with E-state index in [2.05, 4.69) is 84.2 Å². The number of para-hydroxylation sites is 1. The predicted octanol–water partition coefficient (Wildman–Crippen LogP) is 4.77. The summed E-state index contributed by atoms with van der Waals surface area (Å²) >= 11 is 0. The van der Waals surface area contributed by atoms with Crippen molar-refractivity contribution in [2.45, 2.75) is 45.7 Å². The van der Waals surface area contributed by atoms with Gasteiger partial charge in [-0.1, -0.05) is 69.3 Å². The molecule has 0 radical (unpaired) electrons. The molecule has 5 heteroatoms. The molecule has 5 nitrogen and oxygen atoms in total. The number of hydrogen-bond donors (Lipinski definition) is 2. The number of hydrogen-bond acceptors (Lipinski definition) is 3. The number of aromatic nitrogens is 3. The van der Waals surface area contributed by atoms with Crippen molar-refractivity contribution >= 4 is 10.9 Å². The average molecular weight is 413 g/mol. The van der Waals surface area contributed by atoms with Gasteiger partial charge in [-0.15, -0.1) is 0 Å². The van der Waals surface area contributed by atoms with E-state index in [0.717, 1.165) is 47.8 Å². The molecule has 2 aromatic heterocycles. The van der Waals surface area contributed by atoms with E-state index in [1.54, 1.807) is 0 Å². The molecule has 5 rings (SSSR count). The number of nitrogens with one attached hydrogen (secondary N) is 2. The lowest BCUT2D eigenvalue weighted by atomic mass is 9.94. The van der Waals surface area contributed by atoms with Crippen molar-refractivity contribution in [2.75, 3.05) is 6.54 Å². The summed E-state index contributed by atoms with van der Waals surface area (Å²) in [5, 5.41) is 1.24. The molecule has 0 bridgehead atoms. The van der Waals surface area contributed by atoms with E-state index in [1.807, 2.05) is 6.07 Å². The molecule has 1 aliphatic heterocycles. The highest BCUT2D eigenvalue weighted by Gasteiger charge is 2.26. The van der Waals surface area contributed by atoms with E-state index < -0.39 is 0 Å². The van der Waals surface area contributed by atoms with Gasteiger partial charge in [0, 0.05) is 42.4 Å². The lowest BCUT2D eigenvalue weighted by molar-refractivity contribution is 0.242. The Balaban J connectivity index is 1.50. The predicted molar refractivity (Wildman–Crippen MR) is 125 cm³/mol. The fourth-order valence-electron chi connectivity index (χ4n) is 4.41. The minimum absolute atomic E-state index is 0.00170. The Morgan fingerprint density at radius 1 is 1.00 bits per heavy atom. The Bertz CT molecular complexity index is 1290. The van der Waals surface area contributed by atoms with E-state index in [-0.39, 0.29) is 11.0 Å². The number of nitrogens with zero attached hydrogens (tertiary/aromatic N) is 2. The van der Waals surface area contributed by atoms with Crippen LogP contribution in [0.25, 0.3) is 22.2 Å². The summed E-state index contributed by atoms with van der Waals surface area (Å²) in [6, 6.07) is 18.9. The maximum atomic E-state index is 12.9. The molecule has 31 heavy (non-hydrogen) atoms. The lowest BCUT2D eigenvalue weighted by Crippen LogP contribution is -2.37. The maximum Gasteiger partial charge on any atom is 0.255 e. The molecule has 1 aliphatic rings. The van der Waals surface area contributed by atoms with E-state index >= 15 is 0 Å². The van der Waals surface area contributed by atoms with Crippen LogP contribution in [0.3, 0.4) is 0 Å². The largest absolute Gasteiger partial charge is 0.354 e. The van der Waals surface area contributed by atoms with Crippen LogP contribution >= 0.6 is 0 Å². The summed E-state index contributed by atoms with van der Waals surface area (Å²) in [6.07, 6.45) is 0.797. The highest BCUT2D eigenvalue weighted by molar-refractivity contribution is 5.90. The number of aromatic amines is 2. The zero-order chi connectivity index (χ0) is 21.6. The molecule has 2 aromatic carbocycles. The standard InChI is InChI=1S/C26H28N4O/c1-26(2,3)25-28-22-13-14-30(16-20(22)24(31)29-25)15-19-18-11-7-8-12-21(18)27-23(19)17-9-5-4-6-10-17/h4-12,27H,13-16H2,1-3H3,(H,28,29,31). The van der Waals surface area contributed by atoms with E-state index in [4.69, 9.17) is 4.98 Å². The van der Waals surface area contributed by atoms with Crippen molar-refractivity contribution in [3.05, 3.63) is 87.6 Å². The second kappa shape index (κ2) is 7.50. The molecule has 0 aliphatic carbocycles. The third-order valence-corrected chi connectivity index (χ3v) is 6.12. The Hall–Kier alpha value is -3.18. The molecular formula is C26H28N4O. The molecule has 0 unspecified atom stereocenters. The van der Waals surface area contributed by atoms with Crippen molar-refractivity contribution in [1.82, 2.24) is 19.9 Å². The van der Waals surface area contributed by atoms with Gasteiger partial charge in [-0.2, -0.15) is 0 Å². The molecule has 0 amide bonds. The van der Waals surface area contributed by atoms with Crippen molar-refractivity contribution in [3.8, 4) is 11.3 Å². The van der Waals surface area contributed by atoms with Gasteiger partial charge < -0.3 is 9.97 Å². The maximum absolute atomic E-state index is 12.9. The SMILES string of the molecule is CC(C)(C)c1nc2c(c(=O)[nH]1)CN(Cc1c(-c3ccccc3)[nH]c3ccccc13)CC2. The second-order valence-corrected chi connectivity index (χ2v) is 9.44. The number of fused-ring (bicyclic) bond motifs is 2. The second-order valence-electron chi connectivity index (χ2n) is 9.44. The first kappa shape index (κ1) is 19.8. The van der Waals surface area contributed by atoms with E-state index in [0.29, 0.717) is 6.54 Å². The smallest absolute Gasteiger partial charge is 0.255 e. The zero-order valence-corrected chi connectivity index (χ0v) is 18.3. The normalized spacial score (nSPS) is 14.7. The summed E-state index contributed by atoms with van der Waals surface area (Å²) in [4.78, 5) is 26.7. The molecule has 0 saturated carbocycles. The quantitative estimate of drug-likeness (QED) is 0.509. The monoisotopic (exact) mass is 412 g/mol. The minimum atomic E-state index is -0.167. The van der Waals surface area contributed by atoms with Crippen molar-refractivity contribution in [1.29, 1.82) is 0 Å². The summed E-state index contributed by atoms with van der Waals surface area (Å²) in [5.41, 5.74) is 6.35. The van der Waals surface area contributed by atoms with Crippen LogP contribution < -0.4 is 5.56 Å². The van der Waals surface area contributed by atoms with E-state index in [1.165, 1.54) is 16.5 Å². The molecule has 0 saturated heterocycles. The van der Waals surface area contributed by atoms with Gasteiger partial charge in [0.15, 0.2) is 0 Å². The first-order valence-electron chi connectivity index (χ1n) is 10.9. The minimum Gasteiger partial charge on any atom is -0.354 e. The van der Waals surface area contributed by atoms with Crippen LogP contribution in [0, 0.1) is 0 Å². The highest BCUT2D eigenvalue weighted by atomic mass is 16.1. The Morgan fingerprint density at radius 2 is 1.74 bits per heavy atom. The van der Waals surface area contributed by atoms with Gasteiger partial charge in [0.25, 0.3) is 5.56 Å². The summed E-state index contributed by atoms with van der Waals surface area (Å²) < 4.78 is 0. The van der Waals surface area contributed by atoms with Crippen LogP contribution in [0.4, 0.5) is 0 Å². The van der Waals surface area contributed by atoms with Crippen LogP contribution in [0.5, 0.6) is 0 Å². The first-order chi connectivity index (χ1) is 14.9. The highest BCUT2D eigenvalue weighted by Crippen LogP contribution is 2.32. The van der Waals surface area contributed by atoms with Crippen LogP contribution in [-0.2, 0) is 24.9 Å². The Morgan fingerprint density at radius 3 is 2.52 bits per heavy atom. The fraction of sp³-hybridized carbons (Fsp3) is 0.308. The Kier molecular flexibility index (Phi) is 4.78. The van der Waals surface area contributed by atoms with Crippen LogP contribution in [-0.4, -0.2) is 26.4 Å². The number of H-pyrrole nitrogens is 2. The van der Waals surface area contributed by atoms with Crippen LogP contribution in [0.2, 0.25) is 0 Å². The first-order valence-corrected chi connectivity index (χ1v) is 10.9. The van der Waals surface area contributed by atoms with Gasteiger partial charge >= 0.3 is 0 Å². The average Bonchev–Trinajstić information content (AvgIpc) is 3.12. The third-order valence-electron chi connectivity index (χ3n) is 6.12. The third kappa shape index (κ3) is 3.70. The molecule has 0 atom stereocenters. The molecule has 2 N–H and O–H groups in total. The van der Waals surface area contributed by atoms with E-state index in [9.17, 15) is 4.79 Å². The van der Waals surface area contributed by atoms with Crippen LogP contribution in [0.15, 0.2) is 59.4 Å². The fourth-order valence-corrected chi connectivity index (χ4v) is 4.41.